The van der Waals surface area contributed by atoms with Gasteiger partial charge in [0.1, 0.15) is 16.6 Å². The zero-order chi connectivity index (χ0) is 18.5. The lowest BCUT2D eigenvalue weighted by molar-refractivity contribution is -0.112. The number of aromatic nitrogens is 2. The molecule has 0 unspecified atom stereocenters. The molecule has 3 rings (SSSR count). The molecule has 0 aliphatic heterocycles. The number of nitriles is 1. The summed E-state index contributed by atoms with van der Waals surface area (Å²) < 4.78 is 8.87. The summed E-state index contributed by atoms with van der Waals surface area (Å²) in [5, 5.41) is 17.9. The number of amides is 1. The number of carbonyl (C=O) groups excluding carboxylic acids is 2. The van der Waals surface area contributed by atoms with Crippen LogP contribution in [0.1, 0.15) is 46.3 Å². The lowest BCUT2D eigenvalue weighted by atomic mass is 9.95. The van der Waals surface area contributed by atoms with Gasteiger partial charge in [0.25, 0.3) is 5.91 Å². The first-order valence-corrected chi connectivity index (χ1v) is 9.81. The molecule has 0 radical (unpaired) electrons. The van der Waals surface area contributed by atoms with Crippen LogP contribution in [-0.2, 0) is 22.4 Å². The van der Waals surface area contributed by atoms with E-state index in [1.165, 1.54) is 17.4 Å². The molecule has 2 aromatic rings. The number of anilines is 1. The Morgan fingerprint density at radius 2 is 2.23 bits per heavy atom. The summed E-state index contributed by atoms with van der Waals surface area (Å²) in [6.45, 7) is 2.00. The lowest BCUT2D eigenvalue weighted by Gasteiger charge is -2.12. The Kier molecular flexibility index (Phi) is 5.75. The van der Waals surface area contributed by atoms with Gasteiger partial charge in [0.05, 0.1) is 17.9 Å². The molecule has 2 aromatic heterocycles. The maximum atomic E-state index is 12.5. The highest BCUT2D eigenvalue weighted by atomic mass is 32.1. The Hall–Kier alpha value is -2.57. The fourth-order valence-corrected chi connectivity index (χ4v) is 4.46. The minimum absolute atomic E-state index is 0.0983. The van der Waals surface area contributed by atoms with Crippen LogP contribution < -0.4 is 5.32 Å². The van der Waals surface area contributed by atoms with Crippen LogP contribution in [0.2, 0.25) is 0 Å². The molecule has 0 atom stereocenters. The Labute approximate surface area is 158 Å². The number of thiophene rings is 1. The summed E-state index contributed by atoms with van der Waals surface area (Å²) in [6.07, 6.45) is 5.11. The van der Waals surface area contributed by atoms with Crippen LogP contribution in [0.3, 0.4) is 0 Å². The summed E-state index contributed by atoms with van der Waals surface area (Å²) in [6, 6.07) is 1.87. The van der Waals surface area contributed by atoms with E-state index < -0.39 is 11.9 Å². The van der Waals surface area contributed by atoms with Crippen LogP contribution in [0.5, 0.6) is 0 Å². The number of carbonyl (C=O) groups is 2. The summed E-state index contributed by atoms with van der Waals surface area (Å²) >= 11 is 2.52. The highest BCUT2D eigenvalue weighted by molar-refractivity contribution is 7.17. The smallest absolute Gasteiger partial charge is 0.341 e. The molecule has 26 heavy (non-hydrogen) atoms. The molecule has 1 amide bonds. The van der Waals surface area contributed by atoms with Crippen molar-refractivity contribution >= 4 is 45.8 Å². The van der Waals surface area contributed by atoms with E-state index in [0.29, 0.717) is 16.3 Å². The van der Waals surface area contributed by atoms with Crippen LogP contribution in [-0.4, -0.2) is 28.1 Å². The standard InChI is InChI=1S/C17H16N4O3S2/c1-2-24-17(23)14-12-5-3-4-6-13(12)26-16(14)19-15(22)10(8-18)7-11-9-25-21-20-11/h7,9H,2-6H2,1H3,(H,19,22)/b10-7+. The fourth-order valence-electron chi connectivity index (χ4n) is 2.77. The van der Waals surface area contributed by atoms with Crippen LogP contribution in [0.25, 0.3) is 6.08 Å². The number of esters is 1. The molecular formula is C17H16N4O3S2. The first-order valence-electron chi connectivity index (χ1n) is 8.16. The molecule has 0 saturated heterocycles. The van der Waals surface area contributed by atoms with Crippen molar-refractivity contribution < 1.29 is 14.3 Å². The van der Waals surface area contributed by atoms with Gasteiger partial charge in [-0.1, -0.05) is 4.49 Å². The first-order chi connectivity index (χ1) is 12.6. The molecule has 0 bridgehead atoms. The fraction of sp³-hybridized carbons (Fsp3) is 0.353. The highest BCUT2D eigenvalue weighted by Crippen LogP contribution is 2.38. The van der Waals surface area contributed by atoms with Crippen molar-refractivity contribution in [2.45, 2.75) is 32.6 Å². The van der Waals surface area contributed by atoms with E-state index >= 15 is 0 Å². The van der Waals surface area contributed by atoms with Crippen LogP contribution in [0.4, 0.5) is 5.00 Å². The summed E-state index contributed by atoms with van der Waals surface area (Å²) in [4.78, 5) is 26.0. The number of rotatable bonds is 5. The van der Waals surface area contributed by atoms with Crippen LogP contribution >= 0.6 is 22.9 Å². The van der Waals surface area contributed by atoms with Crippen LogP contribution in [0, 0.1) is 11.3 Å². The third-order valence-corrected chi connectivity index (χ3v) is 5.64. The lowest BCUT2D eigenvalue weighted by Crippen LogP contribution is -2.16. The largest absolute Gasteiger partial charge is 0.462 e. The van der Waals surface area contributed by atoms with Crippen molar-refractivity contribution in [2.75, 3.05) is 11.9 Å². The van der Waals surface area contributed by atoms with E-state index in [1.54, 1.807) is 12.3 Å². The predicted molar refractivity (Wildman–Crippen MR) is 99.0 cm³/mol. The van der Waals surface area contributed by atoms with Gasteiger partial charge in [-0.25, -0.2) is 4.79 Å². The van der Waals surface area contributed by atoms with Gasteiger partial charge in [0.2, 0.25) is 0 Å². The zero-order valence-corrected chi connectivity index (χ0v) is 15.7. The number of fused-ring (bicyclic) bond motifs is 1. The Balaban J connectivity index is 1.91. The summed E-state index contributed by atoms with van der Waals surface area (Å²) in [7, 11) is 0. The van der Waals surface area contributed by atoms with E-state index in [4.69, 9.17) is 4.74 Å². The van der Waals surface area contributed by atoms with Crippen molar-refractivity contribution in [2.24, 2.45) is 0 Å². The number of hydrogen-bond donors (Lipinski definition) is 1. The van der Waals surface area contributed by atoms with Gasteiger partial charge in [-0.3, -0.25) is 4.79 Å². The molecule has 0 spiro atoms. The second-order valence-corrected chi connectivity index (χ2v) is 7.30. The molecule has 134 valence electrons. The molecule has 1 aliphatic rings. The summed E-state index contributed by atoms with van der Waals surface area (Å²) in [5.41, 5.74) is 1.73. The number of ether oxygens (including phenoxy) is 1. The molecule has 1 aliphatic carbocycles. The average molecular weight is 388 g/mol. The van der Waals surface area contributed by atoms with Crippen molar-refractivity contribution in [3.05, 3.63) is 32.7 Å². The maximum absolute atomic E-state index is 12.5. The van der Waals surface area contributed by atoms with E-state index in [1.807, 2.05) is 6.07 Å². The van der Waals surface area contributed by atoms with Gasteiger partial charge in [-0.2, -0.15) is 5.26 Å². The van der Waals surface area contributed by atoms with Gasteiger partial charge in [0.15, 0.2) is 0 Å². The van der Waals surface area contributed by atoms with Crippen molar-refractivity contribution in [1.82, 2.24) is 9.59 Å². The minimum atomic E-state index is -0.579. The van der Waals surface area contributed by atoms with Gasteiger partial charge >= 0.3 is 5.97 Å². The highest BCUT2D eigenvalue weighted by Gasteiger charge is 2.27. The first kappa shape index (κ1) is 18.2. The van der Waals surface area contributed by atoms with Gasteiger partial charge in [-0.15, -0.1) is 16.4 Å². The average Bonchev–Trinajstić information content (AvgIpc) is 3.26. The van der Waals surface area contributed by atoms with Gasteiger partial charge in [-0.05, 0) is 55.8 Å². The van der Waals surface area contributed by atoms with Crippen LogP contribution in [0.15, 0.2) is 11.0 Å². The SMILES string of the molecule is CCOC(=O)c1c(NC(=O)/C(C#N)=C/c2csnn2)sc2c1CCCC2. The van der Waals surface area contributed by atoms with Crippen molar-refractivity contribution in [3.63, 3.8) is 0 Å². The monoisotopic (exact) mass is 388 g/mol. The number of hydrogen-bond acceptors (Lipinski definition) is 8. The Morgan fingerprint density at radius 1 is 1.42 bits per heavy atom. The third-order valence-electron chi connectivity index (χ3n) is 3.91. The molecular weight excluding hydrogens is 372 g/mol. The zero-order valence-electron chi connectivity index (χ0n) is 14.1. The number of nitrogens with zero attached hydrogens (tertiary/aromatic N) is 3. The second kappa shape index (κ2) is 8.21. The molecule has 1 N–H and O–H groups in total. The number of aryl methyl sites for hydroxylation is 1. The van der Waals surface area contributed by atoms with Crippen molar-refractivity contribution in [1.29, 1.82) is 5.26 Å². The quantitative estimate of drug-likeness (QED) is 0.479. The topological polar surface area (TPSA) is 105 Å². The van der Waals surface area contributed by atoms with E-state index in [9.17, 15) is 14.9 Å². The Bertz CT molecular complexity index is 894. The third kappa shape index (κ3) is 3.81. The predicted octanol–water partition coefficient (Wildman–Crippen LogP) is 3.20. The van der Waals surface area contributed by atoms with Gasteiger partial charge < -0.3 is 10.1 Å². The molecule has 0 saturated carbocycles. The second-order valence-electron chi connectivity index (χ2n) is 5.59. The molecule has 0 aromatic carbocycles. The maximum Gasteiger partial charge on any atom is 0.341 e. The summed E-state index contributed by atoms with van der Waals surface area (Å²) in [5.74, 6) is -1.02. The van der Waals surface area contributed by atoms with Crippen molar-refractivity contribution in [3.8, 4) is 6.07 Å². The number of nitrogens with one attached hydrogen (secondary N) is 1. The van der Waals surface area contributed by atoms with E-state index in [0.717, 1.165) is 47.7 Å². The van der Waals surface area contributed by atoms with Gasteiger partial charge in [0, 0.05) is 10.3 Å². The molecule has 0 fully saturated rings. The molecule has 7 nitrogen and oxygen atoms in total. The normalized spacial score (nSPS) is 13.6. The minimum Gasteiger partial charge on any atom is -0.462 e. The Morgan fingerprint density at radius 3 is 2.92 bits per heavy atom. The molecule has 9 heteroatoms. The van der Waals surface area contributed by atoms with E-state index in [-0.39, 0.29) is 12.2 Å². The van der Waals surface area contributed by atoms with E-state index in [2.05, 4.69) is 14.9 Å². The molecule has 2 heterocycles.